The number of nitrogens with zero attached hydrogens (tertiary/aromatic N) is 4. The van der Waals surface area contributed by atoms with Gasteiger partial charge in [0.05, 0.1) is 12.4 Å². The van der Waals surface area contributed by atoms with E-state index >= 15 is 0 Å². The summed E-state index contributed by atoms with van der Waals surface area (Å²) in [7, 11) is 1.60. The topological polar surface area (TPSA) is 81.9 Å². The molecule has 2 aromatic carbocycles. The quantitative estimate of drug-likeness (QED) is 0.586. The molecule has 0 unspecified atom stereocenters. The molecule has 1 N–H and O–H groups in total. The minimum absolute atomic E-state index is 0.103. The van der Waals surface area contributed by atoms with Gasteiger partial charge in [0.1, 0.15) is 11.4 Å². The lowest BCUT2D eigenvalue weighted by Gasteiger charge is -2.16. The summed E-state index contributed by atoms with van der Waals surface area (Å²) in [5, 5.41) is 15.1. The third kappa shape index (κ3) is 4.76. The van der Waals surface area contributed by atoms with Gasteiger partial charge in [0, 0.05) is 5.69 Å². The Morgan fingerprint density at radius 2 is 1.93 bits per heavy atom. The van der Waals surface area contributed by atoms with Gasteiger partial charge in [-0.2, -0.15) is 4.68 Å². The van der Waals surface area contributed by atoms with Crippen LogP contribution in [0.3, 0.4) is 0 Å². The van der Waals surface area contributed by atoms with Crippen LogP contribution in [-0.4, -0.2) is 38.5 Å². The summed E-state index contributed by atoms with van der Waals surface area (Å²) in [4.78, 5) is 12.8. The van der Waals surface area contributed by atoms with Crippen LogP contribution >= 0.6 is 11.8 Å². The second-order valence-corrected chi connectivity index (χ2v) is 8.35. The highest BCUT2D eigenvalue weighted by atomic mass is 32.2. The Bertz CT molecular complexity index is 1000. The van der Waals surface area contributed by atoms with Crippen molar-refractivity contribution in [3.63, 3.8) is 0 Å². The largest absolute Gasteiger partial charge is 0.494 e. The van der Waals surface area contributed by atoms with Gasteiger partial charge in [-0.25, -0.2) is 0 Å². The SMILES string of the molecule is COc1ccc(C)cc1-n1nnnc1S[C@H](C)C(=O)Nc1ccccc1C(C)C. The second-order valence-electron chi connectivity index (χ2n) is 7.04. The molecule has 3 aromatic rings. The van der Waals surface area contributed by atoms with Crippen molar-refractivity contribution in [2.45, 2.75) is 44.0 Å². The first-order chi connectivity index (χ1) is 13.9. The highest BCUT2D eigenvalue weighted by Crippen LogP contribution is 2.30. The van der Waals surface area contributed by atoms with Crippen LogP contribution in [0.2, 0.25) is 0 Å². The number of para-hydroxylation sites is 1. The molecule has 0 saturated carbocycles. The number of nitrogens with one attached hydrogen (secondary N) is 1. The summed E-state index contributed by atoms with van der Waals surface area (Å²) in [6.45, 7) is 8.03. The molecule has 0 aliphatic heterocycles. The van der Waals surface area contributed by atoms with Crippen molar-refractivity contribution in [1.29, 1.82) is 0 Å². The Hall–Kier alpha value is -2.87. The molecule has 0 saturated heterocycles. The van der Waals surface area contributed by atoms with Crippen molar-refractivity contribution in [3.8, 4) is 11.4 Å². The summed E-state index contributed by atoms with van der Waals surface area (Å²) >= 11 is 1.30. The number of aromatic nitrogens is 4. The molecule has 3 rings (SSSR count). The number of rotatable bonds is 7. The van der Waals surface area contributed by atoms with Gasteiger partial charge in [-0.15, -0.1) is 5.10 Å². The van der Waals surface area contributed by atoms with E-state index in [4.69, 9.17) is 4.74 Å². The minimum Gasteiger partial charge on any atom is -0.494 e. The third-order valence-corrected chi connectivity index (χ3v) is 5.53. The molecule has 1 atom stereocenters. The first-order valence-electron chi connectivity index (χ1n) is 9.40. The van der Waals surface area contributed by atoms with E-state index in [0.717, 1.165) is 22.5 Å². The highest BCUT2D eigenvalue weighted by molar-refractivity contribution is 8.00. The van der Waals surface area contributed by atoms with E-state index in [1.807, 2.05) is 56.3 Å². The van der Waals surface area contributed by atoms with Gasteiger partial charge in [0.25, 0.3) is 0 Å². The smallest absolute Gasteiger partial charge is 0.237 e. The Morgan fingerprint density at radius 3 is 2.66 bits per heavy atom. The number of benzene rings is 2. The van der Waals surface area contributed by atoms with Crippen LogP contribution in [-0.2, 0) is 4.79 Å². The van der Waals surface area contributed by atoms with Gasteiger partial charge in [-0.1, -0.05) is 49.9 Å². The fourth-order valence-corrected chi connectivity index (χ4v) is 3.73. The Balaban J connectivity index is 1.79. The summed E-state index contributed by atoms with van der Waals surface area (Å²) in [6.07, 6.45) is 0. The Morgan fingerprint density at radius 1 is 1.17 bits per heavy atom. The van der Waals surface area contributed by atoms with Gasteiger partial charge in [0.15, 0.2) is 0 Å². The van der Waals surface area contributed by atoms with Crippen molar-refractivity contribution in [1.82, 2.24) is 20.2 Å². The first kappa shape index (κ1) is 20.9. The number of anilines is 1. The molecular weight excluding hydrogens is 386 g/mol. The number of hydrogen-bond acceptors (Lipinski definition) is 6. The first-order valence-corrected chi connectivity index (χ1v) is 10.3. The zero-order valence-corrected chi connectivity index (χ0v) is 18.0. The van der Waals surface area contributed by atoms with Crippen LogP contribution in [0.15, 0.2) is 47.6 Å². The average Bonchev–Trinajstić information content (AvgIpc) is 3.16. The number of hydrogen-bond donors (Lipinski definition) is 1. The summed E-state index contributed by atoms with van der Waals surface area (Å²) in [6, 6.07) is 13.6. The molecule has 1 aromatic heterocycles. The van der Waals surface area contributed by atoms with Crippen LogP contribution in [0.1, 0.15) is 37.8 Å². The number of amides is 1. The van der Waals surface area contributed by atoms with Gasteiger partial charge in [-0.05, 0) is 59.5 Å². The molecule has 1 amide bonds. The number of thioether (sulfide) groups is 1. The number of carbonyl (C=O) groups is 1. The van der Waals surface area contributed by atoms with Gasteiger partial charge in [-0.3, -0.25) is 4.79 Å². The van der Waals surface area contributed by atoms with Gasteiger partial charge in [0.2, 0.25) is 11.1 Å². The zero-order valence-electron chi connectivity index (χ0n) is 17.2. The van der Waals surface area contributed by atoms with E-state index in [-0.39, 0.29) is 5.91 Å². The van der Waals surface area contributed by atoms with Crippen molar-refractivity contribution in [2.75, 3.05) is 12.4 Å². The summed E-state index contributed by atoms with van der Waals surface area (Å²) in [5.74, 6) is 0.872. The molecule has 8 heteroatoms. The lowest BCUT2D eigenvalue weighted by molar-refractivity contribution is -0.115. The van der Waals surface area contributed by atoms with Crippen molar-refractivity contribution < 1.29 is 9.53 Å². The lowest BCUT2D eigenvalue weighted by atomic mass is 10.0. The van der Waals surface area contributed by atoms with Crippen molar-refractivity contribution in [3.05, 3.63) is 53.6 Å². The molecular formula is C21H25N5O2S. The predicted molar refractivity (Wildman–Crippen MR) is 115 cm³/mol. The molecule has 0 aliphatic rings. The molecule has 0 bridgehead atoms. The maximum atomic E-state index is 12.8. The fraction of sp³-hybridized carbons (Fsp3) is 0.333. The molecule has 0 spiro atoms. The molecule has 0 radical (unpaired) electrons. The Kier molecular flexibility index (Phi) is 6.53. The molecule has 29 heavy (non-hydrogen) atoms. The van der Waals surface area contributed by atoms with E-state index in [2.05, 4.69) is 34.7 Å². The minimum atomic E-state index is -0.393. The summed E-state index contributed by atoms with van der Waals surface area (Å²) < 4.78 is 7.04. The van der Waals surface area contributed by atoms with Crippen molar-refractivity contribution in [2.24, 2.45) is 0 Å². The van der Waals surface area contributed by atoms with E-state index < -0.39 is 5.25 Å². The highest BCUT2D eigenvalue weighted by Gasteiger charge is 2.21. The number of carbonyl (C=O) groups excluding carboxylic acids is 1. The lowest BCUT2D eigenvalue weighted by Crippen LogP contribution is -2.23. The number of ether oxygens (including phenoxy) is 1. The van der Waals surface area contributed by atoms with Gasteiger partial charge >= 0.3 is 0 Å². The molecule has 0 fully saturated rings. The Labute approximate surface area is 174 Å². The number of aryl methyl sites for hydroxylation is 1. The van der Waals surface area contributed by atoms with Crippen LogP contribution in [0, 0.1) is 6.92 Å². The van der Waals surface area contributed by atoms with Crippen molar-refractivity contribution >= 4 is 23.4 Å². The molecule has 152 valence electrons. The summed E-state index contributed by atoms with van der Waals surface area (Å²) in [5.41, 5.74) is 3.73. The van der Waals surface area contributed by atoms with E-state index in [1.165, 1.54) is 11.8 Å². The van der Waals surface area contributed by atoms with Crippen LogP contribution < -0.4 is 10.1 Å². The van der Waals surface area contributed by atoms with Crippen LogP contribution in [0.25, 0.3) is 5.69 Å². The molecule has 1 heterocycles. The normalized spacial score (nSPS) is 12.1. The molecule has 0 aliphatic carbocycles. The van der Waals surface area contributed by atoms with Crippen LogP contribution in [0.5, 0.6) is 5.75 Å². The zero-order chi connectivity index (χ0) is 21.0. The predicted octanol–water partition coefficient (Wildman–Crippen LogP) is 4.22. The average molecular weight is 412 g/mol. The van der Waals surface area contributed by atoms with E-state index in [0.29, 0.717) is 16.8 Å². The maximum absolute atomic E-state index is 12.8. The van der Waals surface area contributed by atoms with E-state index in [1.54, 1.807) is 11.8 Å². The van der Waals surface area contributed by atoms with Crippen LogP contribution in [0.4, 0.5) is 5.69 Å². The third-order valence-electron chi connectivity index (χ3n) is 4.50. The van der Waals surface area contributed by atoms with Gasteiger partial charge < -0.3 is 10.1 Å². The molecule has 7 nitrogen and oxygen atoms in total. The standard InChI is InChI=1S/C21H25N5O2S/c1-13(2)16-8-6-7-9-17(16)22-20(27)15(4)29-21-23-24-25-26(21)18-12-14(3)10-11-19(18)28-5/h6-13,15H,1-5H3,(H,22,27)/t15-/m1/s1. The number of methoxy groups -OCH3 is 1. The number of tetrazole rings is 1. The maximum Gasteiger partial charge on any atom is 0.237 e. The fourth-order valence-electron chi connectivity index (χ4n) is 2.93. The second kappa shape index (κ2) is 9.09. The van der Waals surface area contributed by atoms with E-state index in [9.17, 15) is 4.79 Å². The monoisotopic (exact) mass is 411 g/mol.